The highest BCUT2D eigenvalue weighted by Crippen LogP contribution is 2.25. The van der Waals surface area contributed by atoms with Gasteiger partial charge in [-0.3, -0.25) is 9.78 Å². The van der Waals surface area contributed by atoms with Crippen LogP contribution in [-0.2, 0) is 4.79 Å². The third-order valence-electron chi connectivity index (χ3n) is 4.90. The van der Waals surface area contributed by atoms with Crippen LogP contribution in [0.5, 0.6) is 0 Å². The van der Waals surface area contributed by atoms with Crippen LogP contribution in [0.2, 0.25) is 0 Å². The molecule has 3 amide bonds. The smallest absolute Gasteiger partial charge is 0.312 e. The number of nitrogens with one attached hydrogen (secondary N) is 2. The predicted octanol–water partition coefficient (Wildman–Crippen LogP) is 3.05. The summed E-state index contributed by atoms with van der Waals surface area (Å²) >= 11 is 0. The van der Waals surface area contributed by atoms with Crippen molar-refractivity contribution in [2.24, 2.45) is 11.7 Å². The van der Waals surface area contributed by atoms with Crippen LogP contribution < -0.4 is 16.4 Å². The number of aryl methyl sites for hydroxylation is 1. The molecule has 0 aliphatic carbocycles. The van der Waals surface area contributed by atoms with E-state index in [4.69, 9.17) is 10.3 Å². The first-order valence-corrected chi connectivity index (χ1v) is 10.00. The minimum absolute atomic E-state index is 0.00398. The Balaban J connectivity index is 1.76. The fourth-order valence-corrected chi connectivity index (χ4v) is 3.30. The lowest BCUT2D eigenvalue weighted by Crippen LogP contribution is -2.38. The number of nitrogens with zero attached hydrogens (tertiary/aromatic N) is 3. The number of pyridine rings is 1. The molecule has 0 saturated carbocycles. The number of carbonyl (C=O) groups is 2. The molecule has 9 heteroatoms. The van der Waals surface area contributed by atoms with Crippen LogP contribution in [0.15, 0.2) is 53.3 Å². The Morgan fingerprint density at radius 3 is 2.45 bits per heavy atom. The maximum absolute atomic E-state index is 12.9. The van der Waals surface area contributed by atoms with Gasteiger partial charge >= 0.3 is 6.03 Å². The van der Waals surface area contributed by atoms with Gasteiger partial charge in [-0.1, -0.05) is 43.3 Å². The van der Waals surface area contributed by atoms with E-state index in [1.807, 2.05) is 45.0 Å². The van der Waals surface area contributed by atoms with Gasteiger partial charge in [-0.15, -0.1) is 0 Å². The third-order valence-corrected chi connectivity index (χ3v) is 4.90. The summed E-state index contributed by atoms with van der Waals surface area (Å²) in [6.45, 7) is 5.81. The van der Waals surface area contributed by atoms with E-state index in [1.165, 1.54) is 0 Å². The number of aromatic nitrogens is 3. The topological polar surface area (TPSA) is 136 Å². The zero-order chi connectivity index (χ0) is 22.4. The lowest BCUT2D eigenvalue weighted by atomic mass is 9.97. The molecule has 0 fully saturated rings. The number of amides is 3. The maximum atomic E-state index is 12.9. The van der Waals surface area contributed by atoms with Crippen molar-refractivity contribution in [1.82, 2.24) is 25.8 Å². The maximum Gasteiger partial charge on any atom is 0.312 e. The van der Waals surface area contributed by atoms with Gasteiger partial charge in [0.2, 0.25) is 17.6 Å². The number of hydrogen-bond donors (Lipinski definition) is 3. The quantitative estimate of drug-likeness (QED) is 0.510. The van der Waals surface area contributed by atoms with Crippen LogP contribution in [0.25, 0.3) is 11.4 Å². The largest absolute Gasteiger partial charge is 0.352 e. The molecule has 162 valence electrons. The molecule has 1 aromatic carbocycles. The normalized spacial score (nSPS) is 12.9. The molecule has 4 N–H and O–H groups in total. The summed E-state index contributed by atoms with van der Waals surface area (Å²) in [6.07, 6.45) is 3.30. The van der Waals surface area contributed by atoms with Crippen molar-refractivity contribution in [3.05, 3.63) is 65.8 Å². The molecule has 31 heavy (non-hydrogen) atoms. The van der Waals surface area contributed by atoms with E-state index in [9.17, 15) is 9.59 Å². The number of carbonyl (C=O) groups excluding carboxylic acids is 2. The fourth-order valence-electron chi connectivity index (χ4n) is 3.30. The van der Waals surface area contributed by atoms with Gasteiger partial charge in [0.1, 0.15) is 6.04 Å². The second-order valence-electron chi connectivity index (χ2n) is 7.60. The first kappa shape index (κ1) is 21.9. The Kier molecular flexibility index (Phi) is 6.96. The van der Waals surface area contributed by atoms with E-state index in [0.717, 1.165) is 16.7 Å². The minimum Gasteiger partial charge on any atom is -0.352 e. The van der Waals surface area contributed by atoms with Crippen molar-refractivity contribution >= 4 is 11.9 Å². The summed E-state index contributed by atoms with van der Waals surface area (Å²) in [5.74, 6) is 0.455. The van der Waals surface area contributed by atoms with Crippen LogP contribution >= 0.6 is 0 Å². The fraction of sp³-hybridized carbons (Fsp3) is 0.318. The second-order valence-corrected chi connectivity index (χ2v) is 7.60. The van der Waals surface area contributed by atoms with Gasteiger partial charge < -0.3 is 20.9 Å². The Morgan fingerprint density at radius 2 is 1.81 bits per heavy atom. The monoisotopic (exact) mass is 422 g/mol. The number of primary amides is 1. The molecule has 9 nitrogen and oxygen atoms in total. The van der Waals surface area contributed by atoms with Crippen molar-refractivity contribution in [1.29, 1.82) is 0 Å². The number of rotatable bonds is 8. The third kappa shape index (κ3) is 5.65. The van der Waals surface area contributed by atoms with Gasteiger partial charge in [0.25, 0.3) is 0 Å². The molecule has 0 bridgehead atoms. The first-order valence-electron chi connectivity index (χ1n) is 10.00. The summed E-state index contributed by atoms with van der Waals surface area (Å²) in [6, 6.07) is 9.35. The molecule has 0 saturated heterocycles. The van der Waals surface area contributed by atoms with Gasteiger partial charge in [-0.05, 0) is 36.1 Å². The molecule has 2 atom stereocenters. The van der Waals surface area contributed by atoms with Gasteiger partial charge in [0.15, 0.2) is 0 Å². The van der Waals surface area contributed by atoms with Crippen molar-refractivity contribution in [3.8, 4) is 11.4 Å². The highest BCUT2D eigenvalue weighted by atomic mass is 16.5. The van der Waals surface area contributed by atoms with Crippen LogP contribution in [-0.4, -0.2) is 27.1 Å². The molecule has 0 radical (unpaired) electrons. The first-order chi connectivity index (χ1) is 14.8. The zero-order valence-electron chi connectivity index (χ0n) is 17.7. The van der Waals surface area contributed by atoms with Crippen LogP contribution in [0, 0.1) is 12.8 Å². The summed E-state index contributed by atoms with van der Waals surface area (Å²) in [4.78, 5) is 32.8. The van der Waals surface area contributed by atoms with Gasteiger partial charge in [-0.2, -0.15) is 4.98 Å². The van der Waals surface area contributed by atoms with Crippen LogP contribution in [0.1, 0.15) is 49.4 Å². The molecular weight excluding hydrogens is 396 g/mol. The van der Waals surface area contributed by atoms with Crippen LogP contribution in [0.4, 0.5) is 4.79 Å². The molecule has 3 aromatic rings. The number of urea groups is 1. The lowest BCUT2D eigenvalue weighted by molar-refractivity contribution is -0.122. The van der Waals surface area contributed by atoms with Crippen LogP contribution in [0.3, 0.4) is 0 Å². The summed E-state index contributed by atoms with van der Waals surface area (Å²) in [5, 5.41) is 9.63. The zero-order valence-corrected chi connectivity index (χ0v) is 17.7. The highest BCUT2D eigenvalue weighted by Gasteiger charge is 2.27. The summed E-state index contributed by atoms with van der Waals surface area (Å²) < 4.78 is 5.43. The van der Waals surface area contributed by atoms with Crippen molar-refractivity contribution in [2.45, 2.75) is 39.3 Å². The molecule has 2 aromatic heterocycles. The predicted molar refractivity (Wildman–Crippen MR) is 115 cm³/mol. The average Bonchev–Trinajstić information content (AvgIpc) is 3.22. The number of hydrogen-bond acceptors (Lipinski definition) is 6. The van der Waals surface area contributed by atoms with Gasteiger partial charge in [0, 0.05) is 18.0 Å². The number of nitrogens with two attached hydrogens (primary N) is 1. The Morgan fingerprint density at radius 1 is 1.10 bits per heavy atom. The van der Waals surface area contributed by atoms with E-state index in [2.05, 4.69) is 25.8 Å². The molecular formula is C22H26N6O3. The Bertz CT molecular complexity index is 1030. The van der Waals surface area contributed by atoms with E-state index in [-0.39, 0.29) is 18.2 Å². The van der Waals surface area contributed by atoms with Crippen molar-refractivity contribution < 1.29 is 14.1 Å². The molecule has 0 aliphatic rings. The SMILES string of the molecule is Cc1ccccc1C(CC(=O)NC(c1nc(-c2ccncc2)no1)C(C)C)NC(N)=O. The Hall–Kier alpha value is -3.75. The van der Waals surface area contributed by atoms with Crippen molar-refractivity contribution in [2.75, 3.05) is 0 Å². The molecule has 0 spiro atoms. The average molecular weight is 422 g/mol. The van der Waals surface area contributed by atoms with E-state index >= 15 is 0 Å². The summed E-state index contributed by atoms with van der Waals surface area (Å²) in [7, 11) is 0. The van der Waals surface area contributed by atoms with Crippen molar-refractivity contribution in [3.63, 3.8) is 0 Å². The second kappa shape index (κ2) is 9.84. The molecule has 2 heterocycles. The summed E-state index contributed by atoms with van der Waals surface area (Å²) in [5.41, 5.74) is 7.88. The molecule has 2 unspecified atom stereocenters. The lowest BCUT2D eigenvalue weighted by Gasteiger charge is -2.23. The van der Waals surface area contributed by atoms with Gasteiger partial charge in [-0.25, -0.2) is 4.79 Å². The molecule has 3 rings (SSSR count). The number of benzene rings is 1. The van der Waals surface area contributed by atoms with E-state index in [1.54, 1.807) is 24.5 Å². The molecule has 0 aliphatic heterocycles. The standard InChI is InChI=1S/C22H26N6O3/c1-13(2)19(21-27-20(28-31-21)15-8-10-24-11-9-15)26-18(29)12-17(25-22(23)30)16-7-5-4-6-14(16)3/h4-11,13,17,19H,12H2,1-3H3,(H,26,29)(H3,23,25,30). The minimum atomic E-state index is -0.694. The Labute approximate surface area is 180 Å². The van der Waals surface area contributed by atoms with E-state index in [0.29, 0.717) is 11.7 Å². The van der Waals surface area contributed by atoms with E-state index < -0.39 is 18.1 Å². The van der Waals surface area contributed by atoms with Gasteiger partial charge in [0.05, 0.1) is 12.5 Å². The highest BCUT2D eigenvalue weighted by molar-refractivity contribution is 5.79.